The maximum absolute atomic E-state index is 12.3. The highest BCUT2D eigenvalue weighted by Crippen LogP contribution is 2.41. The molecule has 5 nitrogen and oxygen atoms in total. The molecular weight excluding hydrogens is 282 g/mol. The van der Waals surface area contributed by atoms with Crippen molar-refractivity contribution in [1.82, 2.24) is 4.37 Å². The molecule has 0 aliphatic heterocycles. The molecule has 0 unspecified atom stereocenters. The molecule has 0 bridgehead atoms. The van der Waals surface area contributed by atoms with Crippen LogP contribution in [0.1, 0.15) is 38.5 Å². The molecule has 2 saturated carbocycles. The first-order valence-electron chi connectivity index (χ1n) is 6.82. The summed E-state index contributed by atoms with van der Waals surface area (Å²) in [5.74, 6) is 1.06. The van der Waals surface area contributed by atoms with Gasteiger partial charge >= 0.3 is 0 Å². The molecule has 0 aromatic carbocycles. The molecule has 0 radical (unpaired) electrons. The molecular formula is C12H19N3O2S2. The summed E-state index contributed by atoms with van der Waals surface area (Å²) < 4.78 is 28.6. The van der Waals surface area contributed by atoms with Gasteiger partial charge in [-0.05, 0) is 43.1 Å². The highest BCUT2D eigenvalue weighted by Gasteiger charge is 2.40. The Bertz CT molecular complexity index is 560. The molecule has 0 spiro atoms. The summed E-state index contributed by atoms with van der Waals surface area (Å²) in [5.41, 5.74) is 5.74. The monoisotopic (exact) mass is 301 g/mol. The van der Waals surface area contributed by atoms with Crippen LogP contribution in [-0.4, -0.2) is 24.6 Å². The second kappa shape index (κ2) is 4.94. The van der Waals surface area contributed by atoms with E-state index in [1.807, 2.05) is 0 Å². The Kier molecular flexibility index (Phi) is 3.42. The lowest BCUT2D eigenvalue weighted by Crippen LogP contribution is -2.12. The second-order valence-corrected chi connectivity index (χ2v) is 8.42. The molecule has 1 aromatic rings. The van der Waals surface area contributed by atoms with Crippen LogP contribution in [0.5, 0.6) is 0 Å². The van der Waals surface area contributed by atoms with Gasteiger partial charge in [-0.1, -0.05) is 12.8 Å². The Labute approximate surface area is 117 Å². The van der Waals surface area contributed by atoms with Crippen molar-refractivity contribution < 1.29 is 8.42 Å². The van der Waals surface area contributed by atoms with Crippen molar-refractivity contribution in [2.45, 2.75) is 48.7 Å². The SMILES string of the molecule is Nc1nsc(NCCCC2CC2)c1S(=O)(=O)C1CC1. The van der Waals surface area contributed by atoms with Gasteiger partial charge in [0.05, 0.1) is 5.25 Å². The number of nitrogens with two attached hydrogens (primary N) is 1. The summed E-state index contributed by atoms with van der Waals surface area (Å²) >= 11 is 1.16. The quantitative estimate of drug-likeness (QED) is 0.755. The molecule has 0 saturated heterocycles. The van der Waals surface area contributed by atoms with Gasteiger partial charge in [-0.3, -0.25) is 0 Å². The number of hydrogen-bond acceptors (Lipinski definition) is 6. The summed E-state index contributed by atoms with van der Waals surface area (Å²) in [7, 11) is -3.26. The molecule has 2 aliphatic rings. The second-order valence-electron chi connectivity index (χ2n) is 5.48. The van der Waals surface area contributed by atoms with Crippen molar-refractivity contribution in [2.24, 2.45) is 5.92 Å². The lowest BCUT2D eigenvalue weighted by Gasteiger charge is -2.07. The van der Waals surface area contributed by atoms with Gasteiger partial charge in [0, 0.05) is 6.54 Å². The van der Waals surface area contributed by atoms with E-state index in [-0.39, 0.29) is 16.0 Å². The highest BCUT2D eigenvalue weighted by atomic mass is 32.2. The largest absolute Gasteiger partial charge is 0.382 e. The lowest BCUT2D eigenvalue weighted by molar-refractivity contribution is 0.595. The standard InChI is InChI=1S/C12H19N3O2S2/c13-11-10(19(16,17)9-5-6-9)12(18-15-11)14-7-1-2-8-3-4-8/h8-9,14H,1-7H2,(H2,13,15). The Morgan fingerprint density at radius 1 is 1.32 bits per heavy atom. The first-order valence-corrected chi connectivity index (χ1v) is 9.14. The smallest absolute Gasteiger partial charge is 0.187 e. The third kappa shape index (κ3) is 2.86. The van der Waals surface area contributed by atoms with Gasteiger partial charge in [0.25, 0.3) is 0 Å². The third-order valence-electron chi connectivity index (χ3n) is 3.69. The first-order chi connectivity index (χ1) is 9.09. The number of rotatable bonds is 7. The van der Waals surface area contributed by atoms with Crippen molar-refractivity contribution >= 4 is 32.2 Å². The fraction of sp³-hybridized carbons (Fsp3) is 0.750. The molecule has 106 valence electrons. The van der Waals surface area contributed by atoms with E-state index in [9.17, 15) is 8.42 Å². The van der Waals surface area contributed by atoms with Crippen LogP contribution in [0.3, 0.4) is 0 Å². The number of aromatic nitrogens is 1. The van der Waals surface area contributed by atoms with Crippen molar-refractivity contribution in [3.05, 3.63) is 0 Å². The van der Waals surface area contributed by atoms with Gasteiger partial charge in [-0.2, -0.15) is 4.37 Å². The number of nitrogens with zero attached hydrogens (tertiary/aromatic N) is 1. The summed E-state index contributed by atoms with van der Waals surface area (Å²) in [5, 5.41) is 3.59. The van der Waals surface area contributed by atoms with E-state index in [4.69, 9.17) is 5.73 Å². The van der Waals surface area contributed by atoms with Gasteiger partial charge in [0.15, 0.2) is 15.7 Å². The van der Waals surface area contributed by atoms with E-state index in [1.54, 1.807) is 0 Å². The maximum Gasteiger partial charge on any atom is 0.187 e. The average molecular weight is 301 g/mol. The molecule has 2 fully saturated rings. The number of nitrogen functional groups attached to an aromatic ring is 1. The predicted molar refractivity (Wildman–Crippen MR) is 77.2 cm³/mol. The van der Waals surface area contributed by atoms with E-state index in [1.165, 1.54) is 19.3 Å². The van der Waals surface area contributed by atoms with Gasteiger partial charge < -0.3 is 11.1 Å². The normalized spacial score (nSPS) is 19.6. The van der Waals surface area contributed by atoms with Crippen LogP contribution in [0.2, 0.25) is 0 Å². The van der Waals surface area contributed by atoms with Crippen LogP contribution in [0.25, 0.3) is 0 Å². The van der Waals surface area contributed by atoms with Gasteiger partial charge in [-0.25, -0.2) is 8.42 Å². The third-order valence-corrected chi connectivity index (χ3v) is 6.97. The molecule has 0 amide bonds. The van der Waals surface area contributed by atoms with Crippen LogP contribution in [0.15, 0.2) is 4.90 Å². The van der Waals surface area contributed by atoms with Crippen LogP contribution >= 0.6 is 11.5 Å². The Balaban J connectivity index is 1.67. The van der Waals surface area contributed by atoms with Crippen molar-refractivity contribution in [3.8, 4) is 0 Å². The number of sulfone groups is 1. The first kappa shape index (κ1) is 13.2. The van der Waals surface area contributed by atoms with Gasteiger partial charge in [0.2, 0.25) is 0 Å². The van der Waals surface area contributed by atoms with Gasteiger partial charge in [-0.15, -0.1) is 0 Å². The lowest BCUT2D eigenvalue weighted by atomic mass is 10.2. The zero-order valence-corrected chi connectivity index (χ0v) is 12.4. The van der Waals surface area contributed by atoms with E-state index in [0.717, 1.165) is 43.3 Å². The highest BCUT2D eigenvalue weighted by molar-refractivity contribution is 7.92. The molecule has 0 atom stereocenters. The zero-order chi connectivity index (χ0) is 13.5. The number of nitrogens with one attached hydrogen (secondary N) is 1. The van der Waals surface area contributed by atoms with E-state index >= 15 is 0 Å². The molecule has 3 N–H and O–H groups in total. The van der Waals surface area contributed by atoms with Crippen LogP contribution < -0.4 is 11.1 Å². The average Bonchev–Trinajstić information content (AvgIpc) is 3.24. The summed E-state index contributed by atoms with van der Waals surface area (Å²) in [6.45, 7) is 0.797. The summed E-state index contributed by atoms with van der Waals surface area (Å²) in [4.78, 5) is 0.242. The Hall–Kier alpha value is -0.820. The van der Waals surface area contributed by atoms with E-state index in [0.29, 0.717) is 5.00 Å². The van der Waals surface area contributed by atoms with Crippen LogP contribution in [0.4, 0.5) is 10.8 Å². The minimum absolute atomic E-state index is 0.154. The molecule has 2 aliphatic carbocycles. The Morgan fingerprint density at radius 2 is 2.05 bits per heavy atom. The van der Waals surface area contributed by atoms with Crippen molar-refractivity contribution in [3.63, 3.8) is 0 Å². The van der Waals surface area contributed by atoms with Crippen LogP contribution in [0, 0.1) is 5.92 Å². The summed E-state index contributed by atoms with van der Waals surface area (Å²) in [6.07, 6.45) is 6.51. The van der Waals surface area contributed by atoms with Crippen molar-refractivity contribution in [1.29, 1.82) is 0 Å². The van der Waals surface area contributed by atoms with E-state index in [2.05, 4.69) is 9.69 Å². The molecule has 1 heterocycles. The molecule has 3 rings (SSSR count). The zero-order valence-electron chi connectivity index (χ0n) is 10.8. The predicted octanol–water partition coefficient (Wildman–Crippen LogP) is 2.26. The van der Waals surface area contributed by atoms with Gasteiger partial charge in [0.1, 0.15) is 9.90 Å². The number of anilines is 2. The minimum atomic E-state index is -3.26. The minimum Gasteiger partial charge on any atom is -0.382 e. The molecule has 1 aromatic heterocycles. The van der Waals surface area contributed by atoms with E-state index < -0.39 is 9.84 Å². The summed E-state index contributed by atoms with van der Waals surface area (Å²) in [6, 6.07) is 0. The fourth-order valence-corrected chi connectivity index (χ4v) is 5.14. The molecule has 7 heteroatoms. The fourth-order valence-electron chi connectivity index (χ4n) is 2.23. The number of hydrogen-bond donors (Lipinski definition) is 2. The topological polar surface area (TPSA) is 85.1 Å². The molecule has 19 heavy (non-hydrogen) atoms. The van der Waals surface area contributed by atoms with Crippen molar-refractivity contribution in [2.75, 3.05) is 17.6 Å². The maximum atomic E-state index is 12.3. The Morgan fingerprint density at radius 3 is 2.68 bits per heavy atom. The van der Waals surface area contributed by atoms with Crippen LogP contribution in [-0.2, 0) is 9.84 Å².